The van der Waals surface area contributed by atoms with Gasteiger partial charge in [-0.25, -0.2) is 4.79 Å². The average Bonchev–Trinajstić information content (AvgIpc) is 3.30. The monoisotopic (exact) mass is 953 g/mol. The summed E-state index contributed by atoms with van der Waals surface area (Å²) in [5.41, 5.74) is 0. The highest BCUT2D eigenvalue weighted by molar-refractivity contribution is 5.72. The number of ether oxygens (including phenoxy) is 3. The van der Waals surface area contributed by atoms with Crippen LogP contribution in [0.1, 0.15) is 239 Å². The summed E-state index contributed by atoms with van der Waals surface area (Å²) in [7, 11) is 5.54. The van der Waals surface area contributed by atoms with Crippen LogP contribution < -0.4 is 0 Å². The molecule has 0 saturated heterocycles. The summed E-state index contributed by atoms with van der Waals surface area (Å²) < 4.78 is 17.4. The largest absolute Gasteiger partial charge is 0.477 e. The molecule has 1 N–H and O–H groups in total. The molecule has 8 heteroatoms. The number of carbonyl (C=O) groups excluding carboxylic acids is 2. The Balaban J connectivity index is 4.17. The van der Waals surface area contributed by atoms with E-state index in [1.807, 2.05) is 21.1 Å². The van der Waals surface area contributed by atoms with Gasteiger partial charge in [-0.15, -0.1) is 0 Å². The van der Waals surface area contributed by atoms with Crippen molar-refractivity contribution in [2.24, 2.45) is 0 Å². The molecule has 0 rings (SSSR count). The fraction of sp³-hybridized carbons (Fsp3) is 0.750. The molecular weight excluding hydrogens is 847 g/mol. The number of quaternary nitrogens is 1. The number of carbonyl (C=O) groups is 3. The third-order valence-electron chi connectivity index (χ3n) is 12.4. The summed E-state index contributed by atoms with van der Waals surface area (Å²) in [6.45, 7) is 4.54. The number of allylic oxidation sites excluding steroid dienone is 12. The summed E-state index contributed by atoms with van der Waals surface area (Å²) in [5.74, 6) is -1.47. The molecule has 68 heavy (non-hydrogen) atoms. The van der Waals surface area contributed by atoms with Crippen molar-refractivity contribution in [3.05, 3.63) is 72.9 Å². The zero-order chi connectivity index (χ0) is 49.9. The highest BCUT2D eigenvalue weighted by Gasteiger charge is 2.31. The molecule has 0 aromatic carbocycles. The van der Waals surface area contributed by atoms with Crippen molar-refractivity contribution in [1.29, 1.82) is 0 Å². The van der Waals surface area contributed by atoms with Gasteiger partial charge < -0.3 is 23.8 Å². The molecule has 0 saturated carbocycles. The summed E-state index contributed by atoms with van der Waals surface area (Å²) in [4.78, 5) is 37.3. The quantitative estimate of drug-likeness (QED) is 0.0281. The number of hydrogen-bond donors (Lipinski definition) is 1. The van der Waals surface area contributed by atoms with Gasteiger partial charge in [0.05, 0.1) is 34.4 Å². The van der Waals surface area contributed by atoms with Gasteiger partial charge in [-0.1, -0.05) is 215 Å². The van der Waals surface area contributed by atoms with Crippen LogP contribution in [-0.4, -0.2) is 80.6 Å². The first-order valence-electron chi connectivity index (χ1n) is 28.0. The summed E-state index contributed by atoms with van der Waals surface area (Å²) in [6.07, 6.45) is 65.3. The first-order chi connectivity index (χ1) is 33.1. The lowest BCUT2D eigenvalue weighted by molar-refractivity contribution is -0.887. The number of nitrogens with zero attached hydrogens (tertiary/aromatic N) is 1. The minimum absolute atomic E-state index is 0.0538. The molecule has 0 spiro atoms. The van der Waals surface area contributed by atoms with Crippen molar-refractivity contribution in [3.8, 4) is 0 Å². The second-order valence-electron chi connectivity index (χ2n) is 19.8. The van der Waals surface area contributed by atoms with Crippen LogP contribution in [0.15, 0.2) is 72.9 Å². The van der Waals surface area contributed by atoms with Gasteiger partial charge in [-0.3, -0.25) is 9.59 Å². The van der Waals surface area contributed by atoms with Gasteiger partial charge in [-0.05, 0) is 77.0 Å². The molecule has 2 atom stereocenters. The molecular formula is C60H106NO7+. The maximum absolute atomic E-state index is 12.8. The zero-order valence-electron chi connectivity index (χ0n) is 44.8. The molecule has 0 aliphatic carbocycles. The van der Waals surface area contributed by atoms with Crippen LogP contribution in [0.2, 0.25) is 0 Å². The Kier molecular flexibility index (Phi) is 47.8. The molecule has 392 valence electrons. The summed E-state index contributed by atoms with van der Waals surface area (Å²) in [5, 5.41) is 9.68. The number of unbranched alkanes of at least 4 members (excludes halogenated alkanes) is 24. The van der Waals surface area contributed by atoms with Crippen molar-refractivity contribution < 1.29 is 38.2 Å². The van der Waals surface area contributed by atoms with E-state index < -0.39 is 18.1 Å². The highest BCUT2D eigenvalue weighted by Crippen LogP contribution is 2.16. The number of hydrogen-bond acceptors (Lipinski definition) is 6. The van der Waals surface area contributed by atoms with Crippen molar-refractivity contribution in [3.63, 3.8) is 0 Å². The van der Waals surface area contributed by atoms with E-state index in [0.29, 0.717) is 19.3 Å². The minimum atomic E-state index is -0.875. The van der Waals surface area contributed by atoms with E-state index in [4.69, 9.17) is 14.2 Å². The van der Waals surface area contributed by atoms with Crippen LogP contribution in [0.5, 0.6) is 0 Å². The van der Waals surface area contributed by atoms with Crippen LogP contribution in [-0.2, 0) is 28.6 Å². The van der Waals surface area contributed by atoms with Gasteiger partial charge in [0.15, 0.2) is 12.1 Å². The first-order valence-corrected chi connectivity index (χ1v) is 28.0. The number of carboxylic acids is 1. The van der Waals surface area contributed by atoms with Gasteiger partial charge in [-0.2, -0.15) is 0 Å². The molecule has 8 nitrogen and oxygen atoms in total. The van der Waals surface area contributed by atoms with Gasteiger partial charge >= 0.3 is 17.9 Å². The van der Waals surface area contributed by atoms with E-state index >= 15 is 0 Å². The predicted octanol–water partition coefficient (Wildman–Crippen LogP) is 16.6. The Hall–Kier alpha value is -3.23. The van der Waals surface area contributed by atoms with Crippen LogP contribution in [0.25, 0.3) is 0 Å². The number of likely N-dealkylation sites (N-methyl/N-ethyl adjacent to an activating group) is 1. The Morgan fingerprint density at radius 1 is 0.441 bits per heavy atom. The van der Waals surface area contributed by atoms with E-state index in [-0.39, 0.29) is 36.2 Å². The van der Waals surface area contributed by atoms with Crippen molar-refractivity contribution >= 4 is 17.9 Å². The van der Waals surface area contributed by atoms with Crippen molar-refractivity contribution in [2.45, 2.75) is 251 Å². The summed E-state index contributed by atoms with van der Waals surface area (Å²) >= 11 is 0. The van der Waals surface area contributed by atoms with Crippen LogP contribution in [0.4, 0.5) is 0 Å². The standard InChI is InChI=1S/C60H105NO7/c1-6-8-10-12-14-16-18-20-22-24-26-28-29-31-33-35-37-39-41-43-45-47-49-51-59(63)68-56(54-66-53-52-57(60(64)65)61(3,4)5)55-67-58(62)50-48-46-44-42-40-38-36-34-32-30-27-25-23-21-19-17-15-13-11-9-7-2/h8-11,14-17,20-23,56-57H,6-7,12-13,18-19,24-55H2,1-5H3/p+1/b10-8+,11-9+,16-14+,17-15+,22-20+,23-21+. The van der Waals surface area contributed by atoms with Gasteiger partial charge in [0, 0.05) is 19.3 Å². The zero-order valence-corrected chi connectivity index (χ0v) is 44.8. The first kappa shape index (κ1) is 64.8. The number of aliphatic carboxylic acids is 1. The van der Waals surface area contributed by atoms with E-state index in [0.717, 1.165) is 77.0 Å². The third-order valence-corrected chi connectivity index (χ3v) is 12.4. The smallest absolute Gasteiger partial charge is 0.362 e. The lowest BCUT2D eigenvalue weighted by Gasteiger charge is -2.31. The van der Waals surface area contributed by atoms with E-state index in [2.05, 4.69) is 86.8 Å². The van der Waals surface area contributed by atoms with Crippen molar-refractivity contribution in [1.82, 2.24) is 0 Å². The Morgan fingerprint density at radius 3 is 1.15 bits per heavy atom. The Labute approximate surface area is 419 Å². The van der Waals surface area contributed by atoms with Crippen LogP contribution in [0, 0.1) is 0 Å². The Morgan fingerprint density at radius 2 is 0.779 bits per heavy atom. The lowest BCUT2D eigenvalue weighted by Crippen LogP contribution is -2.50. The molecule has 0 aliphatic heterocycles. The molecule has 0 radical (unpaired) electrons. The number of rotatable bonds is 50. The maximum atomic E-state index is 12.8. The third kappa shape index (κ3) is 47.8. The van der Waals surface area contributed by atoms with Gasteiger partial charge in [0.1, 0.15) is 6.61 Å². The van der Waals surface area contributed by atoms with E-state index in [1.165, 1.54) is 128 Å². The van der Waals surface area contributed by atoms with Crippen molar-refractivity contribution in [2.75, 3.05) is 41.0 Å². The average molecular weight is 954 g/mol. The van der Waals surface area contributed by atoms with E-state index in [1.54, 1.807) is 0 Å². The second-order valence-corrected chi connectivity index (χ2v) is 19.8. The maximum Gasteiger partial charge on any atom is 0.362 e. The van der Waals surface area contributed by atoms with E-state index in [9.17, 15) is 19.5 Å². The summed E-state index contributed by atoms with van der Waals surface area (Å²) in [6, 6.07) is -0.618. The molecule has 0 amide bonds. The van der Waals surface area contributed by atoms with Gasteiger partial charge in [0.2, 0.25) is 0 Å². The highest BCUT2D eigenvalue weighted by atomic mass is 16.6. The molecule has 0 heterocycles. The lowest BCUT2D eigenvalue weighted by atomic mass is 10.0. The minimum Gasteiger partial charge on any atom is -0.477 e. The molecule has 0 fully saturated rings. The molecule has 0 aromatic heterocycles. The topological polar surface area (TPSA) is 99.1 Å². The van der Waals surface area contributed by atoms with Crippen LogP contribution in [0.3, 0.4) is 0 Å². The molecule has 0 bridgehead atoms. The number of esters is 2. The molecule has 2 unspecified atom stereocenters. The Bertz CT molecular complexity index is 1340. The normalized spacial score (nSPS) is 13.4. The van der Waals surface area contributed by atoms with Gasteiger partial charge in [0.25, 0.3) is 0 Å². The fourth-order valence-corrected chi connectivity index (χ4v) is 8.12. The fourth-order valence-electron chi connectivity index (χ4n) is 8.12. The van der Waals surface area contributed by atoms with Crippen LogP contribution >= 0.6 is 0 Å². The number of carboxylic acid groups (broad SMARTS) is 1. The predicted molar refractivity (Wildman–Crippen MR) is 289 cm³/mol. The molecule has 0 aromatic rings. The second kappa shape index (κ2) is 50.2. The molecule has 0 aliphatic rings. The SMILES string of the molecule is CC/C=C/C/C=C/C/C=C/CCCCCCCCCCCCCCCC(=O)OC(COCCC(C(=O)O)[N+](C)(C)C)COC(=O)CCCCCCCCCCCCC/C=C/C/C=C/C/C=C/CC.